The Hall–Kier alpha value is -3.21. The van der Waals surface area contributed by atoms with E-state index in [0.717, 1.165) is 38.3 Å². The standard InChI is InChI=1S/C33H47FN4O5/c1-22-18-38(23(2)21-39)32(40)29-17-28(36-33(41)35-27-12-10-26(34)11-13-27)14-15-30(29)43-24(3)7-5-6-16-42-31(22)20-37(4)19-25-8-9-25/h10-15,17,22-25,31,39H,5-9,16,18-21H2,1-4H3,(H2,35,36,41)/t22-,23+,24+,31-/m0/s1. The Morgan fingerprint density at radius 3 is 2.47 bits per heavy atom. The van der Waals surface area contributed by atoms with Gasteiger partial charge in [-0.15, -0.1) is 0 Å². The molecule has 0 radical (unpaired) electrons. The van der Waals surface area contributed by atoms with Gasteiger partial charge in [0.2, 0.25) is 0 Å². The number of fused-ring (bicyclic) bond motifs is 1. The number of anilines is 2. The molecule has 1 aliphatic heterocycles. The van der Waals surface area contributed by atoms with E-state index in [1.54, 1.807) is 23.1 Å². The third-order valence-corrected chi connectivity index (χ3v) is 8.17. The summed E-state index contributed by atoms with van der Waals surface area (Å²) in [7, 11) is 2.13. The van der Waals surface area contributed by atoms with E-state index in [0.29, 0.717) is 35.8 Å². The third kappa shape index (κ3) is 9.91. The van der Waals surface area contributed by atoms with E-state index in [9.17, 15) is 19.1 Å². The van der Waals surface area contributed by atoms with Crippen molar-refractivity contribution in [3.05, 3.63) is 53.8 Å². The molecule has 2 aromatic carbocycles. The lowest BCUT2D eigenvalue weighted by molar-refractivity contribution is -0.0172. The molecule has 43 heavy (non-hydrogen) atoms. The highest BCUT2D eigenvalue weighted by molar-refractivity contribution is 6.02. The molecule has 3 N–H and O–H groups in total. The fourth-order valence-electron chi connectivity index (χ4n) is 5.41. The van der Waals surface area contributed by atoms with Crippen molar-refractivity contribution in [2.45, 2.75) is 71.1 Å². The van der Waals surface area contributed by atoms with Gasteiger partial charge in [0.05, 0.1) is 30.4 Å². The predicted octanol–water partition coefficient (Wildman–Crippen LogP) is 5.61. The number of carbonyl (C=O) groups excluding carboxylic acids is 2. The minimum absolute atomic E-state index is 0.00799. The number of urea groups is 1. The topological polar surface area (TPSA) is 103 Å². The molecule has 236 valence electrons. The number of hydrogen-bond donors (Lipinski definition) is 3. The zero-order valence-corrected chi connectivity index (χ0v) is 25.9. The number of nitrogens with one attached hydrogen (secondary N) is 2. The van der Waals surface area contributed by atoms with Crippen molar-refractivity contribution in [1.82, 2.24) is 9.80 Å². The summed E-state index contributed by atoms with van der Waals surface area (Å²) in [5.41, 5.74) is 1.14. The van der Waals surface area contributed by atoms with E-state index in [1.807, 2.05) is 13.8 Å². The van der Waals surface area contributed by atoms with Crippen LogP contribution in [0.3, 0.4) is 0 Å². The van der Waals surface area contributed by atoms with Crippen molar-refractivity contribution in [2.24, 2.45) is 11.8 Å². The van der Waals surface area contributed by atoms with Gasteiger partial charge in [-0.25, -0.2) is 9.18 Å². The van der Waals surface area contributed by atoms with E-state index >= 15 is 0 Å². The van der Waals surface area contributed by atoms with E-state index in [-0.39, 0.29) is 30.6 Å². The lowest BCUT2D eigenvalue weighted by atomic mass is 10.0. The van der Waals surface area contributed by atoms with Crippen LogP contribution in [0.25, 0.3) is 0 Å². The molecule has 1 fully saturated rings. The van der Waals surface area contributed by atoms with Gasteiger partial charge in [0, 0.05) is 43.5 Å². The van der Waals surface area contributed by atoms with Crippen molar-refractivity contribution in [2.75, 3.05) is 50.5 Å². The number of halogens is 1. The van der Waals surface area contributed by atoms with Gasteiger partial charge in [-0.3, -0.25) is 4.79 Å². The van der Waals surface area contributed by atoms with Crippen molar-refractivity contribution in [3.8, 4) is 5.75 Å². The third-order valence-electron chi connectivity index (χ3n) is 8.17. The maximum atomic E-state index is 14.2. The van der Waals surface area contributed by atoms with E-state index < -0.39 is 17.9 Å². The predicted molar refractivity (Wildman–Crippen MR) is 166 cm³/mol. The minimum atomic E-state index is -0.529. The average molecular weight is 599 g/mol. The summed E-state index contributed by atoms with van der Waals surface area (Å²) in [6.07, 6.45) is 5.01. The number of ether oxygens (including phenoxy) is 2. The van der Waals surface area contributed by atoms with Crippen LogP contribution >= 0.6 is 0 Å². The number of aliphatic hydroxyl groups is 1. The zero-order chi connectivity index (χ0) is 30.9. The number of rotatable bonds is 8. The van der Waals surface area contributed by atoms with Crippen LogP contribution in [0.1, 0.15) is 63.2 Å². The molecule has 0 spiro atoms. The molecule has 0 unspecified atom stereocenters. The van der Waals surface area contributed by atoms with Crippen LogP contribution in [0, 0.1) is 17.7 Å². The molecule has 1 aliphatic carbocycles. The van der Waals surface area contributed by atoms with Crippen molar-refractivity contribution >= 4 is 23.3 Å². The Labute approximate surface area is 254 Å². The van der Waals surface area contributed by atoms with Crippen LogP contribution in [-0.2, 0) is 4.74 Å². The second kappa shape index (κ2) is 15.5. The molecule has 3 amide bonds. The van der Waals surface area contributed by atoms with Gasteiger partial charge in [-0.1, -0.05) is 6.92 Å². The molecule has 0 aromatic heterocycles. The average Bonchev–Trinajstić information content (AvgIpc) is 3.79. The molecule has 1 saturated carbocycles. The van der Waals surface area contributed by atoms with Gasteiger partial charge in [0.1, 0.15) is 11.6 Å². The van der Waals surface area contributed by atoms with E-state index in [4.69, 9.17) is 9.47 Å². The van der Waals surface area contributed by atoms with Crippen molar-refractivity contribution in [3.63, 3.8) is 0 Å². The summed E-state index contributed by atoms with van der Waals surface area (Å²) in [4.78, 5) is 31.0. The fourth-order valence-corrected chi connectivity index (χ4v) is 5.41. The van der Waals surface area contributed by atoms with E-state index in [2.05, 4.69) is 29.5 Å². The number of likely N-dealkylation sites (N-methyl/N-ethyl adjacent to an activating group) is 1. The molecular formula is C33H47FN4O5. The molecule has 1 heterocycles. The summed E-state index contributed by atoms with van der Waals surface area (Å²) >= 11 is 0. The normalized spacial score (nSPS) is 22.7. The second-order valence-electron chi connectivity index (χ2n) is 12.3. The lowest BCUT2D eigenvalue weighted by Gasteiger charge is -2.36. The number of hydrogen-bond acceptors (Lipinski definition) is 6. The maximum absolute atomic E-state index is 14.2. The first-order chi connectivity index (χ1) is 20.6. The highest BCUT2D eigenvalue weighted by atomic mass is 19.1. The molecular weight excluding hydrogens is 551 g/mol. The van der Waals surface area contributed by atoms with Crippen LogP contribution in [-0.4, -0.2) is 85.0 Å². The van der Waals surface area contributed by atoms with Crippen molar-refractivity contribution in [1.29, 1.82) is 0 Å². The molecule has 4 atom stereocenters. The Kier molecular flexibility index (Phi) is 11.8. The fraction of sp³-hybridized carbons (Fsp3) is 0.576. The quantitative estimate of drug-likeness (QED) is 0.365. The van der Waals surface area contributed by atoms with Crippen LogP contribution in [0.4, 0.5) is 20.6 Å². The Bertz CT molecular complexity index is 1210. The summed E-state index contributed by atoms with van der Waals surface area (Å²) in [6, 6.07) is 9.48. The van der Waals surface area contributed by atoms with Crippen LogP contribution < -0.4 is 15.4 Å². The van der Waals surface area contributed by atoms with Gasteiger partial charge in [-0.2, -0.15) is 0 Å². The Balaban J connectivity index is 1.58. The Morgan fingerprint density at radius 2 is 1.77 bits per heavy atom. The smallest absolute Gasteiger partial charge is 0.323 e. The van der Waals surface area contributed by atoms with Gasteiger partial charge < -0.3 is 35.0 Å². The van der Waals surface area contributed by atoms with Crippen LogP contribution in [0.2, 0.25) is 0 Å². The first-order valence-electron chi connectivity index (χ1n) is 15.5. The van der Waals surface area contributed by atoms with Crippen LogP contribution in [0.5, 0.6) is 5.75 Å². The van der Waals surface area contributed by atoms with Gasteiger partial charge >= 0.3 is 6.03 Å². The maximum Gasteiger partial charge on any atom is 0.323 e. The zero-order valence-electron chi connectivity index (χ0n) is 25.9. The van der Waals surface area contributed by atoms with Gasteiger partial charge in [0.25, 0.3) is 5.91 Å². The lowest BCUT2D eigenvalue weighted by Crippen LogP contribution is -2.47. The highest BCUT2D eigenvalue weighted by Crippen LogP contribution is 2.31. The highest BCUT2D eigenvalue weighted by Gasteiger charge is 2.31. The molecule has 4 rings (SSSR count). The number of nitrogens with zero attached hydrogens (tertiary/aromatic N) is 2. The Morgan fingerprint density at radius 1 is 1.07 bits per heavy atom. The number of amides is 3. The summed E-state index contributed by atoms with van der Waals surface area (Å²) < 4.78 is 26.0. The molecule has 9 nitrogen and oxygen atoms in total. The molecule has 2 aliphatic rings. The SMILES string of the molecule is C[C@@H]1CCCCO[C@@H](CN(C)CC2CC2)[C@@H](C)CN([C@H](C)CO)C(=O)c2cc(NC(=O)Nc3ccc(F)cc3)ccc2O1. The second-order valence-corrected chi connectivity index (χ2v) is 12.3. The summed E-state index contributed by atoms with van der Waals surface area (Å²) in [5, 5.41) is 15.6. The molecule has 0 bridgehead atoms. The first-order valence-corrected chi connectivity index (χ1v) is 15.5. The number of carbonyl (C=O) groups is 2. The molecule has 0 saturated heterocycles. The monoisotopic (exact) mass is 598 g/mol. The molecule has 10 heteroatoms. The minimum Gasteiger partial charge on any atom is -0.490 e. The summed E-state index contributed by atoms with van der Waals surface area (Å²) in [6.45, 7) is 8.57. The largest absolute Gasteiger partial charge is 0.490 e. The first kappa shape index (κ1) is 32.7. The summed E-state index contributed by atoms with van der Waals surface area (Å²) in [5.74, 6) is 0.515. The van der Waals surface area contributed by atoms with Gasteiger partial charge in [-0.05, 0) is 101 Å². The molecule has 2 aromatic rings. The number of benzene rings is 2. The van der Waals surface area contributed by atoms with Crippen molar-refractivity contribution < 1.29 is 28.6 Å². The van der Waals surface area contributed by atoms with E-state index in [1.165, 1.54) is 37.1 Å². The van der Waals surface area contributed by atoms with Crippen LogP contribution in [0.15, 0.2) is 42.5 Å². The van der Waals surface area contributed by atoms with Gasteiger partial charge in [0.15, 0.2) is 0 Å². The number of aliphatic hydroxyl groups excluding tert-OH is 1.